The van der Waals surface area contributed by atoms with Gasteiger partial charge in [0, 0.05) is 50.9 Å². The van der Waals surface area contributed by atoms with Crippen LogP contribution in [-0.4, -0.2) is 74.7 Å². The van der Waals surface area contributed by atoms with Crippen LogP contribution in [0.4, 0.5) is 8.78 Å². The van der Waals surface area contributed by atoms with Gasteiger partial charge in [-0.25, -0.2) is 0 Å². The Bertz CT molecular complexity index is 615. The van der Waals surface area contributed by atoms with Crippen LogP contribution in [0.1, 0.15) is 16.8 Å². The molecule has 0 spiro atoms. The summed E-state index contributed by atoms with van der Waals surface area (Å²) < 4.78 is 34.3. The SMILES string of the molecule is COc1cc(C(=O)N2CCC(N3CCNCC3)C2)ccc1OC(F)F.Cl. The van der Waals surface area contributed by atoms with E-state index in [0.717, 1.165) is 32.6 Å². The predicted octanol–water partition coefficient (Wildman–Crippen LogP) is 1.84. The van der Waals surface area contributed by atoms with Gasteiger partial charge in [-0.1, -0.05) is 0 Å². The molecule has 1 unspecified atom stereocenters. The molecular formula is C17H24ClF2N3O3. The molecule has 6 nitrogen and oxygen atoms in total. The minimum absolute atomic E-state index is 0. The van der Waals surface area contributed by atoms with Crippen molar-refractivity contribution >= 4 is 18.3 Å². The monoisotopic (exact) mass is 391 g/mol. The number of benzene rings is 1. The highest BCUT2D eigenvalue weighted by Crippen LogP contribution is 2.30. The number of rotatable bonds is 5. The van der Waals surface area contributed by atoms with E-state index >= 15 is 0 Å². The number of carbonyl (C=O) groups is 1. The number of carbonyl (C=O) groups excluding carboxylic acids is 1. The summed E-state index contributed by atoms with van der Waals surface area (Å²) in [6.07, 6.45) is 0.954. The minimum Gasteiger partial charge on any atom is -0.493 e. The first-order chi connectivity index (χ1) is 12.1. The Morgan fingerprint density at radius 3 is 2.62 bits per heavy atom. The minimum atomic E-state index is -2.94. The van der Waals surface area contributed by atoms with Crippen molar-refractivity contribution < 1.29 is 23.0 Å². The summed E-state index contributed by atoms with van der Waals surface area (Å²) >= 11 is 0. The third-order valence-electron chi connectivity index (χ3n) is 4.75. The van der Waals surface area contributed by atoms with Gasteiger partial charge < -0.3 is 19.7 Å². The second-order valence-electron chi connectivity index (χ2n) is 6.22. The number of methoxy groups -OCH3 is 1. The van der Waals surface area contributed by atoms with Crippen LogP contribution >= 0.6 is 12.4 Å². The Balaban J connectivity index is 0.00000243. The number of nitrogens with zero attached hydrogens (tertiary/aromatic N) is 2. The highest BCUT2D eigenvalue weighted by Gasteiger charge is 2.31. The predicted molar refractivity (Wildman–Crippen MR) is 95.6 cm³/mol. The zero-order chi connectivity index (χ0) is 17.8. The second kappa shape index (κ2) is 9.34. The van der Waals surface area contributed by atoms with E-state index in [0.29, 0.717) is 24.7 Å². The van der Waals surface area contributed by atoms with Crippen LogP contribution in [0.15, 0.2) is 18.2 Å². The van der Waals surface area contributed by atoms with Gasteiger partial charge >= 0.3 is 6.61 Å². The van der Waals surface area contributed by atoms with E-state index in [1.165, 1.54) is 25.3 Å². The molecule has 0 saturated carbocycles. The summed E-state index contributed by atoms with van der Waals surface area (Å²) in [7, 11) is 1.36. The van der Waals surface area contributed by atoms with Gasteiger partial charge in [0.25, 0.3) is 5.91 Å². The van der Waals surface area contributed by atoms with Gasteiger partial charge in [0.05, 0.1) is 7.11 Å². The first-order valence-corrected chi connectivity index (χ1v) is 8.45. The largest absolute Gasteiger partial charge is 0.493 e. The number of hydrogen-bond donors (Lipinski definition) is 1. The molecule has 0 bridgehead atoms. The first-order valence-electron chi connectivity index (χ1n) is 8.45. The van der Waals surface area contributed by atoms with E-state index in [9.17, 15) is 13.6 Å². The molecule has 3 rings (SSSR count). The zero-order valence-electron chi connectivity index (χ0n) is 14.6. The van der Waals surface area contributed by atoms with E-state index in [2.05, 4.69) is 15.0 Å². The molecule has 2 aliphatic heterocycles. The number of likely N-dealkylation sites (tertiary alicyclic amines) is 1. The molecular weight excluding hydrogens is 368 g/mol. The van der Waals surface area contributed by atoms with Crippen molar-refractivity contribution in [1.29, 1.82) is 0 Å². The quantitative estimate of drug-likeness (QED) is 0.830. The fourth-order valence-electron chi connectivity index (χ4n) is 3.45. The maximum absolute atomic E-state index is 12.7. The third kappa shape index (κ3) is 4.75. The van der Waals surface area contributed by atoms with Crippen LogP contribution in [-0.2, 0) is 0 Å². The van der Waals surface area contributed by atoms with Gasteiger partial charge in [-0.15, -0.1) is 12.4 Å². The smallest absolute Gasteiger partial charge is 0.387 e. The highest BCUT2D eigenvalue weighted by molar-refractivity contribution is 5.95. The van der Waals surface area contributed by atoms with Crippen molar-refractivity contribution in [2.45, 2.75) is 19.1 Å². The number of nitrogens with one attached hydrogen (secondary N) is 1. The standard InChI is InChI=1S/C17H23F2N3O3.ClH/c1-24-15-10-12(2-3-14(15)25-17(18)19)16(23)22-7-4-13(11-22)21-8-5-20-6-9-21;/h2-3,10,13,17,20H,4-9,11H2,1H3;1H. The lowest BCUT2D eigenvalue weighted by Crippen LogP contribution is -2.49. The van der Waals surface area contributed by atoms with Crippen LogP contribution in [0.3, 0.4) is 0 Å². The lowest BCUT2D eigenvalue weighted by Gasteiger charge is -2.32. The lowest BCUT2D eigenvalue weighted by molar-refractivity contribution is -0.0512. The molecule has 146 valence electrons. The summed E-state index contributed by atoms with van der Waals surface area (Å²) in [4.78, 5) is 17.0. The number of alkyl halides is 2. The van der Waals surface area contributed by atoms with Crippen molar-refractivity contribution in [2.75, 3.05) is 46.4 Å². The van der Waals surface area contributed by atoms with E-state index < -0.39 is 6.61 Å². The van der Waals surface area contributed by atoms with Gasteiger partial charge in [0.1, 0.15) is 0 Å². The van der Waals surface area contributed by atoms with Crippen LogP contribution in [0.5, 0.6) is 11.5 Å². The van der Waals surface area contributed by atoms with Crippen molar-refractivity contribution in [1.82, 2.24) is 15.1 Å². The fourth-order valence-corrected chi connectivity index (χ4v) is 3.45. The topological polar surface area (TPSA) is 54.0 Å². The molecule has 26 heavy (non-hydrogen) atoms. The van der Waals surface area contributed by atoms with Gasteiger partial charge in [0.2, 0.25) is 0 Å². The van der Waals surface area contributed by atoms with Gasteiger partial charge in [-0.05, 0) is 24.6 Å². The summed E-state index contributed by atoms with van der Waals surface area (Å²) in [6.45, 7) is 2.41. The highest BCUT2D eigenvalue weighted by atomic mass is 35.5. The number of amides is 1. The normalized spacial score (nSPS) is 20.8. The van der Waals surface area contributed by atoms with Crippen LogP contribution in [0, 0.1) is 0 Å². The van der Waals surface area contributed by atoms with E-state index in [1.54, 1.807) is 0 Å². The fraction of sp³-hybridized carbons (Fsp3) is 0.588. The molecule has 2 heterocycles. The Labute approximate surface area is 157 Å². The number of hydrogen-bond acceptors (Lipinski definition) is 5. The number of piperazine rings is 1. The van der Waals surface area contributed by atoms with E-state index in [1.807, 2.05) is 4.90 Å². The van der Waals surface area contributed by atoms with Gasteiger partial charge in [-0.3, -0.25) is 9.69 Å². The molecule has 2 aliphatic rings. The Hall–Kier alpha value is -1.64. The Morgan fingerprint density at radius 1 is 1.23 bits per heavy atom. The number of halogens is 3. The Morgan fingerprint density at radius 2 is 1.96 bits per heavy atom. The van der Waals surface area contributed by atoms with Crippen LogP contribution in [0.2, 0.25) is 0 Å². The number of ether oxygens (including phenoxy) is 2. The van der Waals surface area contributed by atoms with Crippen molar-refractivity contribution in [3.63, 3.8) is 0 Å². The molecule has 9 heteroatoms. The molecule has 0 aliphatic carbocycles. The van der Waals surface area contributed by atoms with Gasteiger partial charge in [-0.2, -0.15) is 8.78 Å². The van der Waals surface area contributed by atoms with Crippen molar-refractivity contribution in [3.8, 4) is 11.5 Å². The maximum atomic E-state index is 12.7. The van der Waals surface area contributed by atoms with E-state index in [4.69, 9.17) is 4.74 Å². The average Bonchev–Trinajstić information content (AvgIpc) is 3.12. The first kappa shape index (κ1) is 20.7. The zero-order valence-corrected chi connectivity index (χ0v) is 15.4. The molecule has 1 amide bonds. The van der Waals surface area contributed by atoms with Crippen molar-refractivity contribution in [2.24, 2.45) is 0 Å². The molecule has 1 aromatic rings. The third-order valence-corrected chi connectivity index (χ3v) is 4.75. The van der Waals surface area contributed by atoms with Gasteiger partial charge in [0.15, 0.2) is 11.5 Å². The maximum Gasteiger partial charge on any atom is 0.387 e. The molecule has 2 fully saturated rings. The van der Waals surface area contributed by atoms with Crippen LogP contribution < -0.4 is 14.8 Å². The lowest BCUT2D eigenvalue weighted by atomic mass is 10.1. The molecule has 2 saturated heterocycles. The van der Waals surface area contributed by atoms with Crippen molar-refractivity contribution in [3.05, 3.63) is 23.8 Å². The molecule has 1 atom stereocenters. The van der Waals surface area contributed by atoms with E-state index in [-0.39, 0.29) is 29.8 Å². The summed E-state index contributed by atoms with van der Waals surface area (Å²) in [5.41, 5.74) is 0.416. The summed E-state index contributed by atoms with van der Waals surface area (Å²) in [6, 6.07) is 4.69. The molecule has 1 aromatic carbocycles. The molecule has 0 aromatic heterocycles. The second-order valence-corrected chi connectivity index (χ2v) is 6.22. The molecule has 1 N–H and O–H groups in total. The molecule has 0 radical (unpaired) electrons. The van der Waals surface area contributed by atoms with Crippen LogP contribution in [0.25, 0.3) is 0 Å². The Kier molecular flexibility index (Phi) is 7.43. The average molecular weight is 392 g/mol. The summed E-state index contributed by atoms with van der Waals surface area (Å²) in [5.74, 6) is -0.0577. The summed E-state index contributed by atoms with van der Waals surface area (Å²) in [5, 5.41) is 3.33.